The van der Waals surface area contributed by atoms with Crippen molar-refractivity contribution in [1.29, 1.82) is 10.5 Å². The third-order valence-corrected chi connectivity index (χ3v) is 3.04. The Morgan fingerprint density at radius 2 is 1.84 bits per heavy atom. The van der Waals surface area contributed by atoms with E-state index in [0.717, 1.165) is 16.9 Å². The summed E-state index contributed by atoms with van der Waals surface area (Å²) in [6.07, 6.45) is 0. The lowest BCUT2D eigenvalue weighted by molar-refractivity contribution is 1.40. The van der Waals surface area contributed by atoms with E-state index in [2.05, 4.69) is 11.4 Å². The van der Waals surface area contributed by atoms with Crippen molar-refractivity contribution in [2.24, 2.45) is 0 Å². The minimum atomic E-state index is 0.416. The molecule has 0 fully saturated rings. The average Bonchev–Trinajstić information content (AvgIpc) is 2.41. The second-order valence-electron chi connectivity index (χ2n) is 4.07. The van der Waals surface area contributed by atoms with Crippen LogP contribution in [0.25, 0.3) is 0 Å². The molecule has 1 N–H and O–H groups in total. The van der Waals surface area contributed by atoms with Crippen molar-refractivity contribution in [2.75, 3.05) is 5.32 Å². The Bertz CT molecular complexity index is 708. The number of halogens is 1. The van der Waals surface area contributed by atoms with Crippen molar-refractivity contribution in [3.05, 3.63) is 58.1 Å². The van der Waals surface area contributed by atoms with Crippen molar-refractivity contribution in [1.82, 2.24) is 0 Å². The summed E-state index contributed by atoms with van der Waals surface area (Å²) in [5.74, 6) is 0. The van der Waals surface area contributed by atoms with Crippen LogP contribution in [0.4, 0.5) is 11.4 Å². The zero-order chi connectivity index (χ0) is 13.8. The molecule has 4 heteroatoms. The van der Waals surface area contributed by atoms with Crippen LogP contribution in [0.15, 0.2) is 36.4 Å². The maximum absolute atomic E-state index is 8.82. The number of nitrogens with one attached hydrogen (secondary N) is 1. The Morgan fingerprint density at radius 1 is 1.05 bits per heavy atom. The van der Waals surface area contributed by atoms with E-state index in [0.29, 0.717) is 16.1 Å². The van der Waals surface area contributed by atoms with Crippen LogP contribution in [0.5, 0.6) is 0 Å². The minimum Gasteiger partial charge on any atom is -0.355 e. The predicted octanol–water partition coefficient (Wildman–Crippen LogP) is 4.14. The van der Waals surface area contributed by atoms with Crippen molar-refractivity contribution in [3.63, 3.8) is 0 Å². The Labute approximate surface area is 116 Å². The van der Waals surface area contributed by atoms with E-state index < -0.39 is 0 Å². The van der Waals surface area contributed by atoms with E-state index in [4.69, 9.17) is 22.1 Å². The Hall–Kier alpha value is -2.49. The van der Waals surface area contributed by atoms with Gasteiger partial charge in [-0.1, -0.05) is 11.6 Å². The van der Waals surface area contributed by atoms with Gasteiger partial charge in [-0.2, -0.15) is 10.5 Å². The molecule has 3 nitrogen and oxygen atoms in total. The van der Waals surface area contributed by atoms with Crippen molar-refractivity contribution < 1.29 is 0 Å². The molecule has 0 aliphatic rings. The van der Waals surface area contributed by atoms with Crippen LogP contribution in [0.3, 0.4) is 0 Å². The molecule has 0 spiro atoms. The summed E-state index contributed by atoms with van der Waals surface area (Å²) >= 11 is 5.98. The maximum Gasteiger partial charge on any atom is 0.101 e. The molecule has 2 rings (SSSR count). The summed E-state index contributed by atoms with van der Waals surface area (Å²) in [5, 5.41) is 21.3. The largest absolute Gasteiger partial charge is 0.355 e. The number of hydrogen-bond acceptors (Lipinski definition) is 3. The Balaban J connectivity index is 2.30. The summed E-state index contributed by atoms with van der Waals surface area (Å²) in [6, 6.07) is 14.7. The zero-order valence-electron chi connectivity index (χ0n) is 10.2. The highest BCUT2D eigenvalue weighted by Crippen LogP contribution is 2.25. The molecule has 19 heavy (non-hydrogen) atoms. The molecular weight excluding hydrogens is 258 g/mol. The molecule has 0 amide bonds. The lowest BCUT2D eigenvalue weighted by atomic mass is 10.1. The quantitative estimate of drug-likeness (QED) is 0.890. The molecular formula is C15H10ClN3. The molecule has 0 heterocycles. The van der Waals surface area contributed by atoms with Gasteiger partial charge in [0, 0.05) is 11.4 Å². The summed E-state index contributed by atoms with van der Waals surface area (Å²) in [7, 11) is 0. The van der Waals surface area contributed by atoms with Gasteiger partial charge in [0.15, 0.2) is 0 Å². The lowest BCUT2D eigenvalue weighted by Crippen LogP contribution is -1.94. The molecule has 92 valence electrons. The van der Waals surface area contributed by atoms with Gasteiger partial charge >= 0.3 is 0 Å². The number of nitrogens with zero attached hydrogens (tertiary/aromatic N) is 2. The van der Waals surface area contributed by atoms with Gasteiger partial charge in [-0.05, 0) is 48.9 Å². The second kappa shape index (κ2) is 5.44. The maximum atomic E-state index is 8.82. The van der Waals surface area contributed by atoms with Crippen LogP contribution < -0.4 is 5.32 Å². The first-order valence-electron chi connectivity index (χ1n) is 5.61. The topological polar surface area (TPSA) is 59.6 Å². The molecule has 0 aliphatic carbocycles. The Kier molecular flexibility index (Phi) is 3.71. The van der Waals surface area contributed by atoms with Gasteiger partial charge in [0.25, 0.3) is 0 Å². The van der Waals surface area contributed by atoms with E-state index in [9.17, 15) is 0 Å². The lowest BCUT2D eigenvalue weighted by Gasteiger charge is -2.10. The summed E-state index contributed by atoms with van der Waals surface area (Å²) in [5.41, 5.74) is 3.75. The van der Waals surface area contributed by atoms with Crippen LogP contribution in [0, 0.1) is 29.6 Å². The average molecular weight is 268 g/mol. The number of aryl methyl sites for hydroxylation is 1. The third kappa shape index (κ3) is 2.85. The van der Waals surface area contributed by atoms with E-state index in [1.54, 1.807) is 24.3 Å². The standard InChI is InChI=1S/C15H10ClN3/c1-10-6-11(8-17)2-5-15(10)19-13-4-3-12(9-18)14(16)7-13/h2-7,19H,1H3. The summed E-state index contributed by atoms with van der Waals surface area (Å²) < 4.78 is 0. The smallest absolute Gasteiger partial charge is 0.101 e. The van der Waals surface area contributed by atoms with Gasteiger partial charge in [-0.3, -0.25) is 0 Å². The van der Waals surface area contributed by atoms with Crippen molar-refractivity contribution in [2.45, 2.75) is 6.92 Å². The molecule has 0 saturated carbocycles. The number of hydrogen-bond donors (Lipinski definition) is 1. The molecule has 0 saturated heterocycles. The van der Waals surface area contributed by atoms with E-state index in [1.807, 2.05) is 25.1 Å². The number of nitriles is 2. The van der Waals surface area contributed by atoms with Crippen LogP contribution in [0.2, 0.25) is 5.02 Å². The molecule has 0 atom stereocenters. The van der Waals surface area contributed by atoms with Gasteiger partial charge in [0.2, 0.25) is 0 Å². The third-order valence-electron chi connectivity index (χ3n) is 2.72. The first-order valence-corrected chi connectivity index (χ1v) is 5.99. The van der Waals surface area contributed by atoms with Crippen molar-refractivity contribution >= 4 is 23.0 Å². The Morgan fingerprint density at radius 3 is 2.42 bits per heavy atom. The monoisotopic (exact) mass is 267 g/mol. The highest BCUT2D eigenvalue weighted by atomic mass is 35.5. The van der Waals surface area contributed by atoms with Crippen molar-refractivity contribution in [3.8, 4) is 12.1 Å². The minimum absolute atomic E-state index is 0.416. The SMILES string of the molecule is Cc1cc(C#N)ccc1Nc1ccc(C#N)c(Cl)c1. The van der Waals surface area contributed by atoms with Gasteiger partial charge in [0.05, 0.1) is 22.2 Å². The first kappa shape index (κ1) is 13.0. The van der Waals surface area contributed by atoms with Crippen LogP contribution >= 0.6 is 11.6 Å². The summed E-state index contributed by atoms with van der Waals surface area (Å²) in [4.78, 5) is 0. The van der Waals surface area contributed by atoms with Gasteiger partial charge < -0.3 is 5.32 Å². The fourth-order valence-corrected chi connectivity index (χ4v) is 1.94. The summed E-state index contributed by atoms with van der Waals surface area (Å²) in [6.45, 7) is 1.93. The molecule has 2 aromatic rings. The zero-order valence-corrected chi connectivity index (χ0v) is 11.0. The van der Waals surface area contributed by atoms with E-state index >= 15 is 0 Å². The number of rotatable bonds is 2. The second-order valence-corrected chi connectivity index (χ2v) is 4.48. The van der Waals surface area contributed by atoms with Crippen LogP contribution in [0.1, 0.15) is 16.7 Å². The number of anilines is 2. The molecule has 0 aliphatic heterocycles. The highest BCUT2D eigenvalue weighted by molar-refractivity contribution is 6.32. The van der Waals surface area contributed by atoms with Crippen LogP contribution in [-0.2, 0) is 0 Å². The molecule has 0 unspecified atom stereocenters. The number of benzene rings is 2. The van der Waals surface area contributed by atoms with Gasteiger partial charge in [0.1, 0.15) is 6.07 Å². The molecule has 0 radical (unpaired) electrons. The fourth-order valence-electron chi connectivity index (χ4n) is 1.71. The van der Waals surface area contributed by atoms with E-state index in [-0.39, 0.29) is 0 Å². The molecule has 0 aromatic heterocycles. The fraction of sp³-hybridized carbons (Fsp3) is 0.0667. The highest BCUT2D eigenvalue weighted by Gasteiger charge is 2.04. The molecule has 2 aromatic carbocycles. The van der Waals surface area contributed by atoms with Gasteiger partial charge in [-0.15, -0.1) is 0 Å². The normalized spacial score (nSPS) is 9.47. The van der Waals surface area contributed by atoms with Gasteiger partial charge in [-0.25, -0.2) is 0 Å². The first-order chi connectivity index (χ1) is 9.13. The molecule has 0 bridgehead atoms. The van der Waals surface area contributed by atoms with Crippen LogP contribution in [-0.4, -0.2) is 0 Å². The predicted molar refractivity (Wildman–Crippen MR) is 75.3 cm³/mol. The van der Waals surface area contributed by atoms with E-state index in [1.165, 1.54) is 0 Å².